The second-order valence-electron chi connectivity index (χ2n) is 3.95. The first-order valence-corrected chi connectivity index (χ1v) is 6.75. The van der Waals surface area contributed by atoms with Crippen LogP contribution in [0, 0.1) is 5.92 Å². The van der Waals surface area contributed by atoms with E-state index in [-0.39, 0.29) is 11.2 Å². The summed E-state index contributed by atoms with van der Waals surface area (Å²) >= 11 is 1.66. The summed E-state index contributed by atoms with van der Waals surface area (Å²) in [6, 6.07) is 0. The molecule has 96 valence electrons. The molecule has 0 aromatic rings. The monoisotopic (exact) mass is 248 g/mol. The average Bonchev–Trinajstić information content (AvgIpc) is 2.30. The van der Waals surface area contributed by atoms with Crippen LogP contribution in [0.2, 0.25) is 0 Å². The van der Waals surface area contributed by atoms with Gasteiger partial charge in [-0.1, -0.05) is 6.92 Å². The predicted molar refractivity (Wildman–Crippen MR) is 69.6 cm³/mol. The first-order valence-electron chi connectivity index (χ1n) is 5.70. The van der Waals surface area contributed by atoms with Gasteiger partial charge in [0.15, 0.2) is 0 Å². The number of carbonyl (C=O) groups excluding carboxylic acids is 1. The van der Waals surface area contributed by atoms with Crippen LogP contribution in [0.3, 0.4) is 0 Å². The van der Waals surface area contributed by atoms with Crippen LogP contribution in [-0.2, 0) is 9.53 Å². The molecule has 0 bridgehead atoms. The van der Waals surface area contributed by atoms with Gasteiger partial charge in [-0.15, -0.1) is 11.8 Å². The summed E-state index contributed by atoms with van der Waals surface area (Å²) in [5.74, 6) is 1.50. The molecule has 0 radical (unpaired) electrons. The van der Waals surface area contributed by atoms with Crippen LogP contribution >= 0.6 is 11.8 Å². The lowest BCUT2D eigenvalue weighted by Crippen LogP contribution is -2.32. The zero-order valence-corrected chi connectivity index (χ0v) is 11.3. The predicted octanol–water partition coefficient (Wildman–Crippen LogP) is 0.856. The van der Waals surface area contributed by atoms with Crippen molar-refractivity contribution in [3.05, 3.63) is 0 Å². The maximum atomic E-state index is 11.6. The number of hydrogen-bond donors (Lipinski definition) is 2. The van der Waals surface area contributed by atoms with E-state index in [9.17, 15) is 4.79 Å². The molecular weight excluding hydrogens is 224 g/mol. The molecule has 2 unspecified atom stereocenters. The molecule has 0 fully saturated rings. The highest BCUT2D eigenvalue weighted by Gasteiger charge is 2.13. The van der Waals surface area contributed by atoms with Gasteiger partial charge in [-0.05, 0) is 31.6 Å². The number of thioether (sulfide) groups is 1. The van der Waals surface area contributed by atoms with Crippen LogP contribution in [0.15, 0.2) is 0 Å². The maximum absolute atomic E-state index is 11.6. The minimum absolute atomic E-state index is 0.00320. The van der Waals surface area contributed by atoms with E-state index in [4.69, 9.17) is 10.5 Å². The third-order valence-corrected chi connectivity index (χ3v) is 3.70. The minimum atomic E-state index is -0.00320. The lowest BCUT2D eigenvalue weighted by atomic mass is 10.2. The summed E-state index contributed by atoms with van der Waals surface area (Å²) in [6.45, 7) is 6.07. The maximum Gasteiger partial charge on any atom is 0.232 e. The summed E-state index contributed by atoms with van der Waals surface area (Å²) in [4.78, 5) is 11.6. The van der Waals surface area contributed by atoms with Gasteiger partial charge in [0.2, 0.25) is 5.91 Å². The molecule has 3 N–H and O–H groups in total. The molecule has 0 aliphatic rings. The molecule has 1 amide bonds. The summed E-state index contributed by atoms with van der Waals surface area (Å²) in [5, 5.41) is 2.88. The number of nitrogens with two attached hydrogens (primary N) is 1. The first kappa shape index (κ1) is 15.7. The molecule has 0 aromatic carbocycles. The molecule has 16 heavy (non-hydrogen) atoms. The molecule has 0 spiro atoms. The topological polar surface area (TPSA) is 64.3 Å². The molecule has 5 heteroatoms. The van der Waals surface area contributed by atoms with Crippen molar-refractivity contribution in [1.82, 2.24) is 5.32 Å². The van der Waals surface area contributed by atoms with Crippen LogP contribution in [-0.4, -0.2) is 43.7 Å². The summed E-state index contributed by atoms with van der Waals surface area (Å²) in [6.07, 6.45) is 0.860. The van der Waals surface area contributed by atoms with Crippen molar-refractivity contribution in [2.24, 2.45) is 11.7 Å². The van der Waals surface area contributed by atoms with Crippen molar-refractivity contribution in [1.29, 1.82) is 0 Å². The molecule has 0 saturated carbocycles. The van der Waals surface area contributed by atoms with E-state index in [1.165, 1.54) is 0 Å². The van der Waals surface area contributed by atoms with Crippen molar-refractivity contribution in [2.45, 2.75) is 25.5 Å². The van der Waals surface area contributed by atoms with E-state index in [0.717, 1.165) is 12.2 Å². The largest absolute Gasteiger partial charge is 0.385 e. The number of hydrogen-bond acceptors (Lipinski definition) is 4. The summed E-state index contributed by atoms with van der Waals surface area (Å²) in [7, 11) is 1.66. The van der Waals surface area contributed by atoms with Gasteiger partial charge in [-0.3, -0.25) is 4.79 Å². The molecule has 0 heterocycles. The van der Waals surface area contributed by atoms with Gasteiger partial charge in [0.25, 0.3) is 0 Å². The molecule has 0 rings (SSSR count). The van der Waals surface area contributed by atoms with Gasteiger partial charge >= 0.3 is 0 Å². The van der Waals surface area contributed by atoms with Crippen LogP contribution in [0.5, 0.6) is 0 Å². The molecule has 4 nitrogen and oxygen atoms in total. The molecule has 0 aromatic heterocycles. The van der Waals surface area contributed by atoms with E-state index in [1.807, 2.05) is 6.92 Å². The minimum Gasteiger partial charge on any atom is -0.385 e. The lowest BCUT2D eigenvalue weighted by molar-refractivity contribution is -0.120. The van der Waals surface area contributed by atoms with Crippen LogP contribution in [0.1, 0.15) is 20.3 Å². The highest BCUT2D eigenvalue weighted by atomic mass is 32.2. The van der Waals surface area contributed by atoms with Gasteiger partial charge in [0.1, 0.15) is 0 Å². The second kappa shape index (κ2) is 9.93. The zero-order valence-electron chi connectivity index (χ0n) is 10.5. The van der Waals surface area contributed by atoms with E-state index in [0.29, 0.717) is 25.6 Å². The van der Waals surface area contributed by atoms with Crippen LogP contribution < -0.4 is 11.1 Å². The third kappa shape index (κ3) is 7.96. The fourth-order valence-electron chi connectivity index (χ4n) is 1.02. The Hall–Kier alpha value is -0.260. The number of amides is 1. The Morgan fingerprint density at radius 1 is 1.50 bits per heavy atom. The Bertz CT molecular complexity index is 191. The SMILES string of the molecule is COCCCNC(=O)C(C)SCC(C)CN. The van der Waals surface area contributed by atoms with Gasteiger partial charge in [-0.25, -0.2) is 0 Å². The number of nitrogens with one attached hydrogen (secondary N) is 1. The van der Waals surface area contributed by atoms with Crippen molar-refractivity contribution in [3.8, 4) is 0 Å². The van der Waals surface area contributed by atoms with Crippen molar-refractivity contribution in [3.63, 3.8) is 0 Å². The lowest BCUT2D eigenvalue weighted by Gasteiger charge is -2.14. The Balaban J connectivity index is 3.57. The van der Waals surface area contributed by atoms with E-state index in [1.54, 1.807) is 18.9 Å². The normalized spacial score (nSPS) is 14.5. The highest BCUT2D eigenvalue weighted by Crippen LogP contribution is 2.14. The van der Waals surface area contributed by atoms with Gasteiger partial charge < -0.3 is 15.8 Å². The summed E-state index contributed by atoms with van der Waals surface area (Å²) < 4.78 is 4.91. The molecule has 0 saturated heterocycles. The first-order chi connectivity index (χ1) is 7.61. The highest BCUT2D eigenvalue weighted by molar-refractivity contribution is 8.00. The standard InChI is InChI=1S/C11H24N2O2S/c1-9(7-12)8-16-10(2)11(14)13-5-4-6-15-3/h9-10H,4-8,12H2,1-3H3,(H,13,14). The van der Waals surface area contributed by atoms with Gasteiger partial charge in [-0.2, -0.15) is 0 Å². The Kier molecular flexibility index (Phi) is 9.77. The quantitative estimate of drug-likeness (QED) is 0.594. The van der Waals surface area contributed by atoms with Crippen LogP contribution in [0.4, 0.5) is 0 Å². The third-order valence-electron chi connectivity index (χ3n) is 2.23. The molecular formula is C11H24N2O2S. The fraction of sp³-hybridized carbons (Fsp3) is 0.909. The van der Waals surface area contributed by atoms with Crippen LogP contribution in [0.25, 0.3) is 0 Å². The van der Waals surface area contributed by atoms with Gasteiger partial charge in [0, 0.05) is 20.3 Å². The summed E-state index contributed by atoms with van der Waals surface area (Å²) in [5.41, 5.74) is 5.52. The Labute approximate surface area is 103 Å². The van der Waals surface area contributed by atoms with Crippen molar-refractivity contribution in [2.75, 3.05) is 32.6 Å². The van der Waals surface area contributed by atoms with E-state index >= 15 is 0 Å². The number of ether oxygens (including phenoxy) is 1. The van der Waals surface area contributed by atoms with E-state index < -0.39 is 0 Å². The van der Waals surface area contributed by atoms with Gasteiger partial charge in [0.05, 0.1) is 5.25 Å². The average molecular weight is 248 g/mol. The Morgan fingerprint density at radius 3 is 2.75 bits per heavy atom. The fourth-order valence-corrected chi connectivity index (χ4v) is 2.01. The van der Waals surface area contributed by atoms with Crippen molar-refractivity contribution >= 4 is 17.7 Å². The number of methoxy groups -OCH3 is 1. The second-order valence-corrected chi connectivity index (χ2v) is 5.33. The number of rotatable bonds is 9. The van der Waals surface area contributed by atoms with E-state index in [2.05, 4.69) is 12.2 Å². The molecule has 0 aliphatic heterocycles. The molecule has 2 atom stereocenters. The zero-order chi connectivity index (χ0) is 12.4. The van der Waals surface area contributed by atoms with Crippen molar-refractivity contribution < 1.29 is 9.53 Å². The Morgan fingerprint density at radius 2 is 2.19 bits per heavy atom. The smallest absolute Gasteiger partial charge is 0.232 e. The molecule has 0 aliphatic carbocycles. The number of carbonyl (C=O) groups is 1.